The van der Waals surface area contributed by atoms with E-state index >= 15 is 0 Å². The van der Waals surface area contributed by atoms with Crippen LogP contribution >= 0.6 is 24.4 Å². The quantitative estimate of drug-likeness (QED) is 0.774. The molecule has 3 rings (SSSR count). The number of rotatable bonds is 1. The first-order valence-corrected chi connectivity index (χ1v) is 7.39. The molecule has 2 aliphatic heterocycles. The van der Waals surface area contributed by atoms with Crippen LogP contribution in [0.3, 0.4) is 0 Å². The lowest BCUT2D eigenvalue weighted by molar-refractivity contribution is 0.156. The smallest absolute Gasteiger partial charge is 0.194 e. The van der Waals surface area contributed by atoms with Gasteiger partial charge in [0.1, 0.15) is 0 Å². The van der Waals surface area contributed by atoms with Crippen LogP contribution in [-0.4, -0.2) is 26.4 Å². The fourth-order valence-corrected chi connectivity index (χ4v) is 3.59. The maximum absolute atomic E-state index is 5.52. The molecule has 1 unspecified atom stereocenters. The Morgan fingerprint density at radius 1 is 0.950 bits per heavy atom. The summed E-state index contributed by atoms with van der Waals surface area (Å²) in [7, 11) is 0. The summed E-state index contributed by atoms with van der Waals surface area (Å²) >= 11 is 11.0. The summed E-state index contributed by atoms with van der Waals surface area (Å²) in [6.07, 6.45) is 0. The van der Waals surface area contributed by atoms with Gasteiger partial charge >= 0.3 is 0 Å². The molecule has 0 aliphatic carbocycles. The third-order valence-corrected chi connectivity index (χ3v) is 4.82. The van der Waals surface area contributed by atoms with E-state index < -0.39 is 0 Å². The molecule has 0 aromatic heterocycles. The number of nitrogens with zero attached hydrogens (tertiary/aromatic N) is 2. The van der Waals surface area contributed by atoms with Crippen molar-refractivity contribution in [2.45, 2.75) is 38.9 Å². The van der Waals surface area contributed by atoms with Crippen molar-refractivity contribution in [3.63, 3.8) is 0 Å². The molecule has 0 spiro atoms. The molecular weight excluding hydrogens is 288 g/mol. The standard InChI is InChI=1S/C14H18N4S2/c1-9-5-7-10(8-6-9)17-11(19)16-14(4)13(2,3)15-12(20)18(14)17/h5-8H,1-4H3,(H,15,20)(H,16,19). The number of anilines is 1. The molecule has 2 fully saturated rings. The Labute approximate surface area is 130 Å². The average Bonchev–Trinajstić information content (AvgIpc) is 2.70. The van der Waals surface area contributed by atoms with Gasteiger partial charge in [-0.15, -0.1) is 0 Å². The van der Waals surface area contributed by atoms with Crippen LogP contribution in [0, 0.1) is 6.92 Å². The molecule has 6 heteroatoms. The van der Waals surface area contributed by atoms with E-state index in [-0.39, 0.29) is 11.2 Å². The lowest BCUT2D eigenvalue weighted by Crippen LogP contribution is -2.60. The fraction of sp³-hybridized carbons (Fsp3) is 0.429. The predicted octanol–water partition coefficient (Wildman–Crippen LogP) is 2.29. The molecule has 0 bridgehead atoms. The van der Waals surface area contributed by atoms with E-state index in [2.05, 4.69) is 62.6 Å². The number of aryl methyl sites for hydroxylation is 1. The van der Waals surface area contributed by atoms with Crippen LogP contribution in [0.15, 0.2) is 24.3 Å². The summed E-state index contributed by atoms with van der Waals surface area (Å²) in [6, 6.07) is 8.27. The summed E-state index contributed by atoms with van der Waals surface area (Å²) in [5.74, 6) is 0. The minimum atomic E-state index is -0.369. The van der Waals surface area contributed by atoms with Crippen LogP contribution in [-0.2, 0) is 0 Å². The minimum Gasteiger partial charge on any atom is -0.352 e. The topological polar surface area (TPSA) is 30.5 Å². The first-order valence-electron chi connectivity index (χ1n) is 6.57. The average molecular weight is 306 g/mol. The van der Waals surface area contributed by atoms with Crippen LogP contribution in [0.2, 0.25) is 0 Å². The van der Waals surface area contributed by atoms with Crippen LogP contribution in [0.5, 0.6) is 0 Å². The Morgan fingerprint density at radius 3 is 2.15 bits per heavy atom. The Balaban J connectivity index is 2.08. The van der Waals surface area contributed by atoms with E-state index in [1.54, 1.807) is 0 Å². The van der Waals surface area contributed by atoms with Gasteiger partial charge in [-0.05, 0) is 64.3 Å². The van der Waals surface area contributed by atoms with E-state index in [1.165, 1.54) is 5.56 Å². The lowest BCUT2D eigenvalue weighted by Gasteiger charge is -2.37. The largest absolute Gasteiger partial charge is 0.352 e. The molecule has 1 aromatic rings. The molecule has 1 aromatic carbocycles. The van der Waals surface area contributed by atoms with E-state index in [9.17, 15) is 0 Å². The van der Waals surface area contributed by atoms with E-state index in [0.717, 1.165) is 5.69 Å². The van der Waals surface area contributed by atoms with Crippen molar-refractivity contribution in [1.29, 1.82) is 0 Å². The monoisotopic (exact) mass is 306 g/mol. The highest BCUT2D eigenvalue weighted by Gasteiger charge is 2.60. The molecule has 20 heavy (non-hydrogen) atoms. The van der Waals surface area contributed by atoms with Gasteiger partial charge in [0.15, 0.2) is 15.9 Å². The molecular formula is C14H18N4S2. The molecule has 4 nitrogen and oxygen atoms in total. The van der Waals surface area contributed by atoms with Gasteiger partial charge in [-0.2, -0.15) is 0 Å². The van der Waals surface area contributed by atoms with E-state index in [1.807, 2.05) is 10.0 Å². The molecule has 2 saturated heterocycles. The van der Waals surface area contributed by atoms with Gasteiger partial charge < -0.3 is 10.6 Å². The molecule has 106 valence electrons. The normalized spacial score (nSPS) is 27.4. The highest BCUT2D eigenvalue weighted by Crippen LogP contribution is 2.39. The third-order valence-electron chi connectivity index (χ3n) is 4.27. The van der Waals surface area contributed by atoms with Crippen molar-refractivity contribution < 1.29 is 0 Å². The molecule has 0 radical (unpaired) electrons. The molecule has 2 aliphatic rings. The zero-order valence-electron chi connectivity index (χ0n) is 12.0. The number of hydrogen-bond donors (Lipinski definition) is 2. The molecule has 0 amide bonds. The van der Waals surface area contributed by atoms with Crippen LogP contribution in [0.25, 0.3) is 0 Å². The number of nitrogens with one attached hydrogen (secondary N) is 2. The lowest BCUT2D eigenvalue weighted by atomic mass is 9.91. The Bertz CT molecular complexity index is 596. The Kier molecular flexibility index (Phi) is 2.75. The summed E-state index contributed by atoms with van der Waals surface area (Å²) in [5, 5.41) is 12.1. The number of hydrazine groups is 1. The second kappa shape index (κ2) is 4.05. The van der Waals surface area contributed by atoms with E-state index in [0.29, 0.717) is 10.2 Å². The first kappa shape index (κ1) is 13.6. The van der Waals surface area contributed by atoms with Crippen molar-refractivity contribution in [3.8, 4) is 0 Å². The zero-order chi connectivity index (χ0) is 14.7. The Hall–Kier alpha value is -1.40. The SMILES string of the molecule is Cc1ccc(N2C(=S)NC3(C)N2C(=S)NC3(C)C)cc1. The molecule has 2 heterocycles. The number of fused-ring (bicyclic) bond motifs is 1. The number of benzene rings is 1. The van der Waals surface area contributed by atoms with Crippen molar-refractivity contribution in [2.75, 3.05) is 5.01 Å². The van der Waals surface area contributed by atoms with Crippen LogP contribution < -0.4 is 15.6 Å². The molecule has 2 N–H and O–H groups in total. The van der Waals surface area contributed by atoms with Gasteiger partial charge in [0.05, 0.1) is 11.2 Å². The highest BCUT2D eigenvalue weighted by atomic mass is 32.1. The van der Waals surface area contributed by atoms with Crippen molar-refractivity contribution in [3.05, 3.63) is 29.8 Å². The van der Waals surface area contributed by atoms with E-state index in [4.69, 9.17) is 24.4 Å². The summed E-state index contributed by atoms with van der Waals surface area (Å²) in [5.41, 5.74) is 1.65. The van der Waals surface area contributed by atoms with Gasteiger partial charge in [0.2, 0.25) is 0 Å². The third kappa shape index (κ3) is 1.64. The zero-order valence-corrected chi connectivity index (χ0v) is 13.7. The number of hydrogen-bond acceptors (Lipinski definition) is 2. The van der Waals surface area contributed by atoms with Crippen LogP contribution in [0.4, 0.5) is 5.69 Å². The summed E-state index contributed by atoms with van der Waals surface area (Å²) < 4.78 is 0. The van der Waals surface area contributed by atoms with Gasteiger partial charge in [-0.3, -0.25) is 0 Å². The maximum Gasteiger partial charge on any atom is 0.194 e. The first-order chi connectivity index (χ1) is 9.26. The highest BCUT2D eigenvalue weighted by molar-refractivity contribution is 7.81. The van der Waals surface area contributed by atoms with Crippen molar-refractivity contribution in [1.82, 2.24) is 15.6 Å². The molecule has 0 saturated carbocycles. The van der Waals surface area contributed by atoms with Gasteiger partial charge in [-0.25, -0.2) is 10.0 Å². The van der Waals surface area contributed by atoms with Gasteiger partial charge in [0, 0.05) is 0 Å². The van der Waals surface area contributed by atoms with Gasteiger partial charge in [0.25, 0.3) is 0 Å². The fourth-order valence-electron chi connectivity index (χ4n) is 2.68. The Morgan fingerprint density at radius 2 is 1.55 bits per heavy atom. The van der Waals surface area contributed by atoms with Crippen LogP contribution in [0.1, 0.15) is 26.3 Å². The van der Waals surface area contributed by atoms with Crippen molar-refractivity contribution in [2.24, 2.45) is 0 Å². The number of thiocarbonyl (C=S) groups is 2. The van der Waals surface area contributed by atoms with Crippen molar-refractivity contribution >= 4 is 40.3 Å². The summed E-state index contributed by atoms with van der Waals surface area (Å²) in [4.78, 5) is 0. The van der Waals surface area contributed by atoms with Gasteiger partial charge in [-0.1, -0.05) is 17.7 Å². The predicted molar refractivity (Wildman–Crippen MR) is 89.4 cm³/mol. The second-order valence-corrected chi connectivity index (χ2v) is 6.79. The maximum atomic E-state index is 5.52. The molecule has 1 atom stereocenters. The second-order valence-electron chi connectivity index (χ2n) is 6.02. The minimum absolute atomic E-state index is 0.215. The summed E-state index contributed by atoms with van der Waals surface area (Å²) in [6.45, 7) is 8.42.